The van der Waals surface area contributed by atoms with Crippen LogP contribution < -0.4 is 5.73 Å². The summed E-state index contributed by atoms with van der Waals surface area (Å²) in [6.45, 7) is 8.86. The van der Waals surface area contributed by atoms with Crippen molar-refractivity contribution in [2.45, 2.75) is 84.2 Å². The smallest absolute Gasteiger partial charge is 0.133 e. The zero-order valence-electron chi connectivity index (χ0n) is 20.5. The lowest BCUT2D eigenvalue weighted by Crippen LogP contribution is -2.55. The number of aliphatic hydroxyl groups excluding tert-OH is 1. The van der Waals surface area contributed by atoms with Gasteiger partial charge in [0.1, 0.15) is 5.78 Å². The van der Waals surface area contributed by atoms with Crippen molar-refractivity contribution in [2.75, 3.05) is 13.7 Å². The number of rotatable bonds is 6. The van der Waals surface area contributed by atoms with E-state index in [-0.39, 0.29) is 11.5 Å². The van der Waals surface area contributed by atoms with Crippen molar-refractivity contribution in [3.8, 4) is 0 Å². The van der Waals surface area contributed by atoms with Gasteiger partial charge in [0.25, 0.3) is 0 Å². The van der Waals surface area contributed by atoms with Gasteiger partial charge in [-0.15, -0.1) is 0 Å². The first-order valence-corrected chi connectivity index (χ1v) is 12.8. The molecule has 0 bridgehead atoms. The summed E-state index contributed by atoms with van der Waals surface area (Å²) in [5.74, 6) is 4.08. The summed E-state index contributed by atoms with van der Waals surface area (Å²) in [6.07, 6.45) is 18.0. The summed E-state index contributed by atoms with van der Waals surface area (Å²) in [6, 6.07) is 0. The van der Waals surface area contributed by atoms with E-state index in [4.69, 9.17) is 4.74 Å². The van der Waals surface area contributed by atoms with Gasteiger partial charge in [0.15, 0.2) is 0 Å². The monoisotopic (exact) mass is 443 g/mol. The van der Waals surface area contributed by atoms with Crippen LogP contribution in [0.4, 0.5) is 0 Å². The Morgan fingerprint density at radius 1 is 1.16 bits per heavy atom. The second-order valence-corrected chi connectivity index (χ2v) is 10.8. The standard InChI is InChI=1S/C27H40O3.CH5N/c1-4-5-6-7-19(2)30-17-16-27-15-13-23-22(24(27)10-11-25(27)29)9-8-20-18-21(28)12-14-26(20,23)3;1-2/h4-7,20,22-25,29H,1,8-18H2,2-3H3;2H2,1H3/b6-5-,19-7+;/t20?,22?,23?,24?,25-,26-,27+;/m0./s1. The minimum atomic E-state index is -0.185. The van der Waals surface area contributed by atoms with Crippen molar-refractivity contribution in [3.05, 3.63) is 36.6 Å². The average molecular weight is 444 g/mol. The predicted octanol–water partition coefficient (Wildman–Crippen LogP) is 5.57. The molecule has 4 fully saturated rings. The second kappa shape index (κ2) is 10.7. The van der Waals surface area contributed by atoms with Crippen LogP contribution in [-0.2, 0) is 9.53 Å². The van der Waals surface area contributed by atoms with Crippen LogP contribution in [0.1, 0.15) is 78.1 Å². The first-order valence-electron chi connectivity index (χ1n) is 12.8. The molecule has 0 saturated heterocycles. The first-order chi connectivity index (χ1) is 15.4. The number of carbonyl (C=O) groups is 1. The van der Waals surface area contributed by atoms with E-state index < -0.39 is 0 Å². The summed E-state index contributed by atoms with van der Waals surface area (Å²) >= 11 is 0. The summed E-state index contributed by atoms with van der Waals surface area (Å²) in [4.78, 5) is 12.1. The van der Waals surface area contributed by atoms with E-state index in [0.717, 1.165) is 56.1 Å². The zero-order valence-corrected chi connectivity index (χ0v) is 20.5. The van der Waals surface area contributed by atoms with Gasteiger partial charge < -0.3 is 15.6 Å². The molecule has 0 aromatic heterocycles. The minimum Gasteiger partial charge on any atom is -0.498 e. The number of hydrogen-bond donors (Lipinski definition) is 2. The summed E-state index contributed by atoms with van der Waals surface area (Å²) < 4.78 is 6.02. The summed E-state index contributed by atoms with van der Waals surface area (Å²) in [7, 11) is 1.50. The maximum Gasteiger partial charge on any atom is 0.133 e. The molecule has 0 amide bonds. The van der Waals surface area contributed by atoms with Crippen LogP contribution in [0.15, 0.2) is 36.6 Å². The third-order valence-electron chi connectivity index (χ3n) is 9.63. The van der Waals surface area contributed by atoms with Crippen LogP contribution in [0.5, 0.6) is 0 Å². The van der Waals surface area contributed by atoms with E-state index in [1.54, 1.807) is 6.08 Å². The van der Waals surface area contributed by atoms with Gasteiger partial charge >= 0.3 is 0 Å². The van der Waals surface area contributed by atoms with Crippen molar-refractivity contribution >= 4 is 5.78 Å². The molecule has 0 radical (unpaired) electrons. The molecule has 4 rings (SSSR count). The van der Waals surface area contributed by atoms with E-state index in [2.05, 4.69) is 19.2 Å². The largest absolute Gasteiger partial charge is 0.498 e. The van der Waals surface area contributed by atoms with Crippen molar-refractivity contribution < 1.29 is 14.6 Å². The molecule has 4 aliphatic carbocycles. The number of Topliss-reactive ketones (excluding diaryl/α,β-unsaturated/α-hetero) is 1. The van der Waals surface area contributed by atoms with Crippen LogP contribution >= 0.6 is 0 Å². The maximum atomic E-state index is 12.1. The zero-order chi connectivity index (χ0) is 23.4. The van der Waals surface area contributed by atoms with E-state index in [9.17, 15) is 9.90 Å². The van der Waals surface area contributed by atoms with Gasteiger partial charge in [0.05, 0.1) is 18.5 Å². The van der Waals surface area contributed by atoms with Crippen molar-refractivity contribution in [1.82, 2.24) is 0 Å². The van der Waals surface area contributed by atoms with E-state index in [0.29, 0.717) is 29.6 Å². The van der Waals surface area contributed by atoms with E-state index >= 15 is 0 Å². The molecule has 4 unspecified atom stereocenters. The molecule has 4 nitrogen and oxygen atoms in total. The van der Waals surface area contributed by atoms with E-state index in [1.165, 1.54) is 32.7 Å². The Hall–Kier alpha value is -1.39. The van der Waals surface area contributed by atoms with Crippen LogP contribution in [0.2, 0.25) is 0 Å². The lowest BCUT2D eigenvalue weighted by atomic mass is 9.44. The number of carbonyl (C=O) groups excluding carboxylic acids is 1. The molecule has 4 aliphatic rings. The van der Waals surface area contributed by atoms with Gasteiger partial charge in [-0.2, -0.15) is 0 Å². The molecule has 0 aromatic rings. The number of allylic oxidation sites excluding steroid dienone is 5. The number of nitrogens with two attached hydrogens (primary N) is 1. The number of hydrogen-bond acceptors (Lipinski definition) is 4. The number of fused-ring (bicyclic) bond motifs is 5. The molecule has 4 saturated carbocycles. The summed E-state index contributed by atoms with van der Waals surface area (Å²) in [5.41, 5.74) is 4.87. The highest BCUT2D eigenvalue weighted by molar-refractivity contribution is 5.79. The Labute approximate surface area is 195 Å². The third-order valence-corrected chi connectivity index (χ3v) is 9.63. The fourth-order valence-electron chi connectivity index (χ4n) is 8.03. The fourth-order valence-corrected chi connectivity index (χ4v) is 8.03. The summed E-state index contributed by atoms with van der Waals surface area (Å²) in [5, 5.41) is 11.1. The molecule has 0 spiro atoms. The maximum absolute atomic E-state index is 12.1. The Morgan fingerprint density at radius 3 is 2.69 bits per heavy atom. The normalized spacial score (nSPS) is 41.2. The molecule has 0 aliphatic heterocycles. The van der Waals surface area contributed by atoms with Crippen LogP contribution in [0.3, 0.4) is 0 Å². The van der Waals surface area contributed by atoms with Crippen molar-refractivity contribution in [3.63, 3.8) is 0 Å². The lowest BCUT2D eigenvalue weighted by Gasteiger charge is -2.60. The Balaban J connectivity index is 0.00000141. The van der Waals surface area contributed by atoms with Crippen LogP contribution in [0.25, 0.3) is 0 Å². The molecule has 7 atom stereocenters. The highest BCUT2D eigenvalue weighted by Crippen LogP contribution is 2.66. The molecular weight excluding hydrogens is 398 g/mol. The highest BCUT2D eigenvalue weighted by atomic mass is 16.5. The number of ketones is 1. The molecule has 3 N–H and O–H groups in total. The Morgan fingerprint density at radius 2 is 1.94 bits per heavy atom. The fraction of sp³-hybridized carbons (Fsp3) is 0.750. The quantitative estimate of drug-likeness (QED) is 0.416. The molecule has 0 aromatic carbocycles. The SMILES string of the molecule is C=C/C=C\C=C(/C)OCC[C@]12CCC3C(CCC4CC(=O)CC[C@@]43C)C1CC[C@@H]2O.CN. The lowest BCUT2D eigenvalue weighted by molar-refractivity contribution is -0.146. The molecule has 0 heterocycles. The molecule has 4 heteroatoms. The van der Waals surface area contributed by atoms with Gasteiger partial charge in [0.2, 0.25) is 0 Å². The Bertz CT molecular complexity index is 728. The predicted molar refractivity (Wildman–Crippen MR) is 131 cm³/mol. The average Bonchev–Trinajstić information content (AvgIpc) is 3.12. The van der Waals surface area contributed by atoms with E-state index in [1.807, 2.05) is 25.2 Å². The number of aliphatic hydroxyl groups is 1. The first kappa shape index (κ1) is 25.2. The van der Waals surface area contributed by atoms with Gasteiger partial charge in [-0.1, -0.05) is 31.7 Å². The topological polar surface area (TPSA) is 72.5 Å². The molecule has 32 heavy (non-hydrogen) atoms. The van der Waals surface area contributed by atoms with Gasteiger partial charge in [-0.25, -0.2) is 0 Å². The molecule has 180 valence electrons. The van der Waals surface area contributed by atoms with Crippen LogP contribution in [-0.4, -0.2) is 30.6 Å². The molecular formula is C28H45NO3. The second-order valence-electron chi connectivity index (χ2n) is 10.8. The number of ether oxygens (including phenoxy) is 1. The minimum absolute atomic E-state index is 0.0338. The Kier molecular flexibility index (Phi) is 8.43. The van der Waals surface area contributed by atoms with Crippen molar-refractivity contribution in [2.24, 2.45) is 40.2 Å². The highest BCUT2D eigenvalue weighted by Gasteiger charge is 2.61. The van der Waals surface area contributed by atoms with Crippen molar-refractivity contribution in [1.29, 1.82) is 0 Å². The third kappa shape index (κ3) is 4.63. The van der Waals surface area contributed by atoms with Gasteiger partial charge in [-0.3, -0.25) is 4.79 Å². The van der Waals surface area contributed by atoms with Gasteiger partial charge in [0, 0.05) is 18.3 Å². The van der Waals surface area contributed by atoms with Gasteiger partial charge in [-0.05, 0) is 101 Å². The van der Waals surface area contributed by atoms with Crippen LogP contribution in [0, 0.1) is 34.5 Å².